The Kier molecular flexibility index (Phi) is 2.88. The van der Waals surface area contributed by atoms with Crippen molar-refractivity contribution in [3.8, 4) is 5.82 Å². The van der Waals surface area contributed by atoms with Gasteiger partial charge in [-0.05, 0) is 30.3 Å². The van der Waals surface area contributed by atoms with Crippen LogP contribution in [0.15, 0.2) is 91.1 Å². The number of benzene rings is 3. The fourth-order valence-electron chi connectivity index (χ4n) is 4.01. The summed E-state index contributed by atoms with van der Waals surface area (Å²) in [6, 6.07) is 29.5. The van der Waals surface area contributed by atoms with E-state index in [0.29, 0.717) is 0 Å². The summed E-state index contributed by atoms with van der Waals surface area (Å²) in [5.41, 5.74) is 4.21. The maximum atomic E-state index is 5.05. The third-order valence-corrected chi connectivity index (χ3v) is 5.23. The van der Waals surface area contributed by atoms with Gasteiger partial charge in [0.15, 0.2) is 0 Å². The molecule has 0 aliphatic heterocycles. The summed E-state index contributed by atoms with van der Waals surface area (Å²) in [4.78, 5) is 9.63. The van der Waals surface area contributed by atoms with Crippen molar-refractivity contribution < 1.29 is 0 Å². The molecule has 0 unspecified atom stereocenters. The van der Waals surface area contributed by atoms with E-state index in [4.69, 9.17) is 4.98 Å². The minimum absolute atomic E-state index is 0.915. The third kappa shape index (κ3) is 2.02. The minimum atomic E-state index is 0.915. The topological polar surface area (TPSA) is 30.7 Å². The van der Waals surface area contributed by atoms with Crippen LogP contribution in [0.3, 0.4) is 0 Å². The molecule has 3 nitrogen and oxygen atoms in total. The number of pyridine rings is 2. The smallest absolute Gasteiger partial charge is 0.138 e. The predicted molar refractivity (Wildman–Crippen MR) is 111 cm³/mol. The summed E-state index contributed by atoms with van der Waals surface area (Å²) in [7, 11) is 0. The van der Waals surface area contributed by atoms with Crippen LogP contribution in [-0.2, 0) is 0 Å². The molecule has 0 N–H and O–H groups in total. The summed E-state index contributed by atoms with van der Waals surface area (Å²) in [6.07, 6.45) is 1.83. The summed E-state index contributed by atoms with van der Waals surface area (Å²) in [5.74, 6) is 0.915. The summed E-state index contributed by atoms with van der Waals surface area (Å²) in [6.45, 7) is 0. The Labute approximate surface area is 155 Å². The van der Waals surface area contributed by atoms with Crippen LogP contribution in [0.5, 0.6) is 0 Å². The quantitative estimate of drug-likeness (QED) is 0.348. The van der Waals surface area contributed by atoms with Crippen LogP contribution >= 0.6 is 0 Å². The molecule has 0 aliphatic carbocycles. The zero-order chi connectivity index (χ0) is 17.8. The molecule has 0 saturated heterocycles. The molecule has 3 aromatic heterocycles. The average molecular weight is 345 g/mol. The van der Waals surface area contributed by atoms with Gasteiger partial charge in [-0.15, -0.1) is 0 Å². The maximum absolute atomic E-state index is 5.05. The molecule has 0 bridgehead atoms. The molecule has 0 aliphatic rings. The van der Waals surface area contributed by atoms with E-state index in [1.165, 1.54) is 21.8 Å². The molecule has 3 heteroatoms. The molecule has 0 spiro atoms. The lowest BCUT2D eigenvalue weighted by Crippen LogP contribution is -1.98. The SMILES string of the molecule is c1cnc2c(c1)ccc1ccc(-n3c4ccccc4c4ccccc43)nc12. The first kappa shape index (κ1) is 14.4. The highest BCUT2D eigenvalue weighted by atomic mass is 15.1. The van der Waals surface area contributed by atoms with Crippen molar-refractivity contribution in [2.75, 3.05) is 0 Å². The summed E-state index contributed by atoms with van der Waals surface area (Å²) in [5, 5.41) is 4.69. The highest BCUT2D eigenvalue weighted by molar-refractivity contribution is 6.09. The second-order valence-electron chi connectivity index (χ2n) is 6.75. The Morgan fingerprint density at radius 2 is 1.19 bits per heavy atom. The molecule has 0 fully saturated rings. The molecule has 0 radical (unpaired) electrons. The van der Waals surface area contributed by atoms with Gasteiger partial charge in [0.25, 0.3) is 0 Å². The molecule has 6 rings (SSSR count). The monoisotopic (exact) mass is 345 g/mol. The minimum Gasteiger partial charge on any atom is -0.294 e. The second-order valence-corrected chi connectivity index (χ2v) is 6.75. The van der Waals surface area contributed by atoms with Gasteiger partial charge >= 0.3 is 0 Å². The van der Waals surface area contributed by atoms with E-state index >= 15 is 0 Å². The van der Waals surface area contributed by atoms with Gasteiger partial charge in [-0.3, -0.25) is 9.55 Å². The largest absolute Gasteiger partial charge is 0.294 e. The number of rotatable bonds is 1. The van der Waals surface area contributed by atoms with Crippen LogP contribution in [0.2, 0.25) is 0 Å². The van der Waals surface area contributed by atoms with Crippen molar-refractivity contribution in [2.24, 2.45) is 0 Å². The van der Waals surface area contributed by atoms with E-state index in [9.17, 15) is 0 Å². The first-order valence-electron chi connectivity index (χ1n) is 9.03. The van der Waals surface area contributed by atoms with Gasteiger partial charge in [0, 0.05) is 27.7 Å². The molecule has 0 saturated carbocycles. The van der Waals surface area contributed by atoms with E-state index in [1.54, 1.807) is 0 Å². The van der Waals surface area contributed by atoms with E-state index in [-0.39, 0.29) is 0 Å². The number of para-hydroxylation sites is 2. The van der Waals surface area contributed by atoms with Crippen molar-refractivity contribution in [1.82, 2.24) is 14.5 Å². The van der Waals surface area contributed by atoms with Crippen molar-refractivity contribution in [3.05, 3.63) is 91.1 Å². The van der Waals surface area contributed by atoms with E-state index in [2.05, 4.69) is 88.4 Å². The van der Waals surface area contributed by atoms with Crippen LogP contribution in [0.25, 0.3) is 49.4 Å². The van der Waals surface area contributed by atoms with Crippen molar-refractivity contribution >= 4 is 43.6 Å². The normalized spacial score (nSPS) is 11.7. The van der Waals surface area contributed by atoms with Gasteiger partial charge in [-0.2, -0.15) is 0 Å². The average Bonchev–Trinajstić information content (AvgIpc) is 3.08. The van der Waals surface area contributed by atoms with Gasteiger partial charge in [-0.25, -0.2) is 4.98 Å². The Bertz CT molecular complexity index is 1420. The molecule has 6 aromatic rings. The van der Waals surface area contributed by atoms with Gasteiger partial charge < -0.3 is 0 Å². The van der Waals surface area contributed by atoms with Gasteiger partial charge in [0.1, 0.15) is 5.82 Å². The van der Waals surface area contributed by atoms with Gasteiger partial charge in [-0.1, -0.05) is 54.6 Å². The summed E-state index contributed by atoms with van der Waals surface area (Å²) >= 11 is 0. The summed E-state index contributed by atoms with van der Waals surface area (Å²) < 4.78 is 2.24. The van der Waals surface area contributed by atoms with Crippen molar-refractivity contribution in [2.45, 2.75) is 0 Å². The highest BCUT2D eigenvalue weighted by Gasteiger charge is 2.13. The lowest BCUT2D eigenvalue weighted by atomic mass is 10.1. The number of fused-ring (bicyclic) bond motifs is 6. The van der Waals surface area contributed by atoms with Gasteiger partial charge in [0.2, 0.25) is 0 Å². The van der Waals surface area contributed by atoms with Gasteiger partial charge in [0.05, 0.1) is 22.1 Å². The fraction of sp³-hybridized carbons (Fsp3) is 0. The first-order valence-corrected chi connectivity index (χ1v) is 9.03. The molecule has 3 aromatic carbocycles. The Morgan fingerprint density at radius 3 is 1.93 bits per heavy atom. The zero-order valence-electron chi connectivity index (χ0n) is 14.5. The molecule has 0 atom stereocenters. The molecule has 3 heterocycles. The third-order valence-electron chi connectivity index (χ3n) is 5.23. The number of aromatic nitrogens is 3. The van der Waals surface area contributed by atoms with Crippen molar-refractivity contribution in [1.29, 1.82) is 0 Å². The number of hydrogen-bond acceptors (Lipinski definition) is 2. The van der Waals surface area contributed by atoms with Crippen LogP contribution in [-0.4, -0.2) is 14.5 Å². The molecule has 0 amide bonds. The lowest BCUT2D eigenvalue weighted by molar-refractivity contribution is 1.10. The fourth-order valence-corrected chi connectivity index (χ4v) is 4.01. The van der Waals surface area contributed by atoms with Crippen LogP contribution in [0.1, 0.15) is 0 Å². The van der Waals surface area contributed by atoms with Crippen LogP contribution in [0, 0.1) is 0 Å². The molecule has 27 heavy (non-hydrogen) atoms. The number of nitrogens with zero attached hydrogens (tertiary/aromatic N) is 3. The molecular formula is C24H15N3. The Balaban J connectivity index is 1.76. The lowest BCUT2D eigenvalue weighted by Gasteiger charge is -2.09. The van der Waals surface area contributed by atoms with Crippen LogP contribution < -0.4 is 0 Å². The zero-order valence-corrected chi connectivity index (χ0v) is 14.5. The van der Waals surface area contributed by atoms with E-state index in [0.717, 1.165) is 27.6 Å². The van der Waals surface area contributed by atoms with E-state index < -0.39 is 0 Å². The van der Waals surface area contributed by atoms with E-state index in [1.807, 2.05) is 12.3 Å². The molecule has 126 valence electrons. The number of hydrogen-bond donors (Lipinski definition) is 0. The maximum Gasteiger partial charge on any atom is 0.138 e. The predicted octanol–water partition coefficient (Wildman–Crippen LogP) is 5.88. The Hall–Kier alpha value is -3.72. The Morgan fingerprint density at radius 1 is 0.556 bits per heavy atom. The second kappa shape index (κ2) is 5.39. The highest BCUT2D eigenvalue weighted by Crippen LogP contribution is 2.32. The standard InChI is InChI=1S/C24H15N3/c1-3-9-20-18(7-1)19-8-2-4-10-21(19)27(20)22-14-13-17-12-11-16-6-5-15-25-23(16)24(17)26-22/h1-15H. The molecular weight excluding hydrogens is 330 g/mol. The van der Waals surface area contributed by atoms with Crippen LogP contribution in [0.4, 0.5) is 0 Å². The van der Waals surface area contributed by atoms with Crippen molar-refractivity contribution in [3.63, 3.8) is 0 Å². The first-order chi connectivity index (χ1) is 13.4.